The number of aryl methyl sites for hydroxylation is 4. The number of thiazole rings is 1. The van der Waals surface area contributed by atoms with Crippen LogP contribution in [0.25, 0.3) is 0 Å². The maximum Gasteiger partial charge on any atom is 0.263 e. The maximum atomic E-state index is 12.4. The highest BCUT2D eigenvalue weighted by Crippen LogP contribution is 2.21. The molecule has 0 radical (unpaired) electrons. The molecule has 0 aliphatic carbocycles. The molecule has 0 atom stereocenters. The summed E-state index contributed by atoms with van der Waals surface area (Å²) in [5.74, 6) is -0.108. The number of anilines is 2. The summed E-state index contributed by atoms with van der Waals surface area (Å²) in [5.41, 5.74) is 4.72. The van der Waals surface area contributed by atoms with Crippen LogP contribution in [0.2, 0.25) is 0 Å². The molecule has 3 aromatic rings. The number of nitrogens with zero attached hydrogens (tertiary/aromatic N) is 1. The van der Waals surface area contributed by atoms with Crippen LogP contribution in [-0.4, -0.2) is 19.3 Å². The average Bonchev–Trinajstić information content (AvgIpc) is 3.10. The molecule has 0 saturated heterocycles. The van der Waals surface area contributed by atoms with Crippen LogP contribution in [-0.2, 0) is 21.2 Å². The number of carbonyl (C=O) groups is 1. The normalized spacial score (nSPS) is 11.3. The monoisotopic (exact) mass is 429 g/mol. The molecule has 1 heterocycles. The SMILES string of the molecule is Cc1ccc(S(=O)(=O)Nc2nc(CCC(=O)Nc3ccc(C)c(C)c3)cs2)cc1. The Morgan fingerprint density at radius 3 is 2.45 bits per heavy atom. The molecule has 1 aromatic heterocycles. The lowest BCUT2D eigenvalue weighted by Crippen LogP contribution is -2.13. The van der Waals surface area contributed by atoms with Gasteiger partial charge in [-0.25, -0.2) is 13.4 Å². The Bertz CT molecular complexity index is 1120. The van der Waals surface area contributed by atoms with Gasteiger partial charge in [0.25, 0.3) is 10.0 Å². The van der Waals surface area contributed by atoms with Gasteiger partial charge in [0.1, 0.15) is 0 Å². The van der Waals surface area contributed by atoms with Gasteiger partial charge in [-0.15, -0.1) is 11.3 Å². The van der Waals surface area contributed by atoms with Crippen molar-refractivity contribution >= 4 is 38.1 Å². The smallest absolute Gasteiger partial charge is 0.263 e. The van der Waals surface area contributed by atoms with E-state index in [0.29, 0.717) is 12.1 Å². The zero-order valence-corrected chi connectivity index (χ0v) is 18.2. The Morgan fingerprint density at radius 1 is 1.03 bits per heavy atom. The number of benzene rings is 2. The van der Waals surface area contributed by atoms with Crippen molar-refractivity contribution in [1.82, 2.24) is 4.98 Å². The Balaban J connectivity index is 1.56. The van der Waals surface area contributed by atoms with Crippen LogP contribution in [0.1, 0.15) is 28.8 Å². The first-order chi connectivity index (χ1) is 13.7. The highest BCUT2D eigenvalue weighted by Gasteiger charge is 2.16. The Morgan fingerprint density at radius 2 is 1.76 bits per heavy atom. The highest BCUT2D eigenvalue weighted by atomic mass is 32.2. The molecule has 1 amide bonds. The summed E-state index contributed by atoms with van der Waals surface area (Å²) in [6, 6.07) is 12.4. The van der Waals surface area contributed by atoms with Crippen molar-refractivity contribution in [2.45, 2.75) is 38.5 Å². The van der Waals surface area contributed by atoms with E-state index in [1.54, 1.807) is 29.6 Å². The third-order valence-corrected chi connectivity index (χ3v) is 6.79. The summed E-state index contributed by atoms with van der Waals surface area (Å²) in [5, 5.41) is 4.92. The molecular weight excluding hydrogens is 406 g/mol. The lowest BCUT2D eigenvalue weighted by Gasteiger charge is -2.07. The van der Waals surface area contributed by atoms with Crippen LogP contribution in [0.5, 0.6) is 0 Å². The minimum Gasteiger partial charge on any atom is -0.326 e. The van der Waals surface area contributed by atoms with Gasteiger partial charge in [0.05, 0.1) is 10.6 Å². The molecule has 8 heteroatoms. The van der Waals surface area contributed by atoms with Crippen molar-refractivity contribution in [3.05, 3.63) is 70.2 Å². The van der Waals surface area contributed by atoms with E-state index < -0.39 is 10.0 Å². The molecule has 0 unspecified atom stereocenters. The van der Waals surface area contributed by atoms with Crippen LogP contribution >= 0.6 is 11.3 Å². The van der Waals surface area contributed by atoms with Crippen molar-refractivity contribution < 1.29 is 13.2 Å². The Labute approximate surface area is 175 Å². The topological polar surface area (TPSA) is 88.2 Å². The van der Waals surface area contributed by atoms with Gasteiger partial charge in [-0.05, 0) is 62.6 Å². The van der Waals surface area contributed by atoms with Crippen molar-refractivity contribution in [2.75, 3.05) is 10.0 Å². The predicted molar refractivity (Wildman–Crippen MR) is 117 cm³/mol. The standard InChI is InChI=1S/C21H23N3O3S2/c1-14-4-9-19(10-5-14)29(26,27)24-21-23-18(13-28-21)8-11-20(25)22-17-7-6-15(2)16(3)12-17/h4-7,9-10,12-13H,8,11H2,1-3H3,(H,22,25)(H,23,24). The van der Waals surface area contributed by atoms with E-state index in [1.807, 2.05) is 39.0 Å². The van der Waals surface area contributed by atoms with Gasteiger partial charge >= 0.3 is 0 Å². The predicted octanol–water partition coefficient (Wildman–Crippen LogP) is 4.44. The first-order valence-corrected chi connectivity index (χ1v) is 11.5. The summed E-state index contributed by atoms with van der Waals surface area (Å²) < 4.78 is 27.4. The molecule has 2 aromatic carbocycles. The van der Waals surface area contributed by atoms with Crippen molar-refractivity contribution in [3.8, 4) is 0 Å². The van der Waals surface area contributed by atoms with Gasteiger partial charge in [-0.1, -0.05) is 23.8 Å². The van der Waals surface area contributed by atoms with Crippen molar-refractivity contribution in [2.24, 2.45) is 0 Å². The number of carbonyl (C=O) groups excluding carboxylic acids is 1. The highest BCUT2D eigenvalue weighted by molar-refractivity contribution is 7.93. The molecule has 0 bridgehead atoms. The number of sulfonamides is 1. The van der Waals surface area contributed by atoms with E-state index in [4.69, 9.17) is 0 Å². The fraction of sp³-hybridized carbons (Fsp3) is 0.238. The number of amides is 1. The minimum atomic E-state index is -3.68. The second-order valence-corrected chi connectivity index (χ2v) is 9.45. The molecule has 29 heavy (non-hydrogen) atoms. The van der Waals surface area contributed by atoms with E-state index in [-0.39, 0.29) is 22.4 Å². The fourth-order valence-corrected chi connectivity index (χ4v) is 4.64. The number of nitrogens with one attached hydrogen (secondary N) is 2. The Hall–Kier alpha value is -2.71. The van der Waals surface area contributed by atoms with E-state index in [0.717, 1.165) is 16.8 Å². The van der Waals surface area contributed by atoms with Crippen molar-refractivity contribution in [3.63, 3.8) is 0 Å². The van der Waals surface area contributed by atoms with Gasteiger partial charge in [-0.3, -0.25) is 9.52 Å². The molecule has 6 nitrogen and oxygen atoms in total. The number of hydrogen-bond donors (Lipinski definition) is 2. The minimum absolute atomic E-state index is 0.108. The molecule has 0 fully saturated rings. The van der Waals surface area contributed by atoms with Gasteiger partial charge in [0.15, 0.2) is 5.13 Å². The molecule has 0 saturated carbocycles. The molecule has 0 aliphatic rings. The van der Waals surface area contributed by atoms with Crippen LogP contribution in [0, 0.1) is 20.8 Å². The first-order valence-electron chi connectivity index (χ1n) is 9.14. The second-order valence-electron chi connectivity index (χ2n) is 6.91. The fourth-order valence-electron chi connectivity index (χ4n) is 2.64. The van der Waals surface area contributed by atoms with Crippen LogP contribution < -0.4 is 10.0 Å². The molecular formula is C21H23N3O3S2. The summed E-state index contributed by atoms with van der Waals surface area (Å²) in [6.45, 7) is 5.92. The average molecular weight is 430 g/mol. The van der Waals surface area contributed by atoms with Crippen LogP contribution in [0.4, 0.5) is 10.8 Å². The third-order valence-electron chi connectivity index (χ3n) is 4.50. The van der Waals surface area contributed by atoms with E-state index in [1.165, 1.54) is 16.9 Å². The van der Waals surface area contributed by atoms with Crippen LogP contribution in [0.3, 0.4) is 0 Å². The molecule has 2 N–H and O–H groups in total. The summed E-state index contributed by atoms with van der Waals surface area (Å²) in [7, 11) is -3.68. The number of rotatable bonds is 7. The van der Waals surface area contributed by atoms with E-state index >= 15 is 0 Å². The summed E-state index contributed by atoms with van der Waals surface area (Å²) >= 11 is 1.20. The lowest BCUT2D eigenvalue weighted by molar-refractivity contribution is -0.116. The molecule has 0 aliphatic heterocycles. The molecule has 152 valence electrons. The quantitative estimate of drug-likeness (QED) is 0.581. The Kier molecular flexibility index (Phi) is 6.34. The van der Waals surface area contributed by atoms with E-state index in [9.17, 15) is 13.2 Å². The molecule has 3 rings (SSSR count). The van der Waals surface area contributed by atoms with Gasteiger partial charge in [0, 0.05) is 17.5 Å². The maximum absolute atomic E-state index is 12.4. The van der Waals surface area contributed by atoms with Gasteiger partial charge < -0.3 is 5.32 Å². The summed E-state index contributed by atoms with van der Waals surface area (Å²) in [6.07, 6.45) is 0.695. The number of aromatic nitrogens is 1. The van der Waals surface area contributed by atoms with Crippen LogP contribution in [0.15, 0.2) is 52.7 Å². The zero-order chi connectivity index (χ0) is 21.0. The first kappa shape index (κ1) is 21.0. The summed E-state index contributed by atoms with van der Waals surface area (Å²) in [4.78, 5) is 16.7. The second kappa shape index (κ2) is 8.75. The van der Waals surface area contributed by atoms with Gasteiger partial charge in [-0.2, -0.15) is 0 Å². The lowest BCUT2D eigenvalue weighted by atomic mass is 10.1. The van der Waals surface area contributed by atoms with Crippen molar-refractivity contribution in [1.29, 1.82) is 0 Å². The molecule has 0 spiro atoms. The largest absolute Gasteiger partial charge is 0.326 e. The number of hydrogen-bond acceptors (Lipinski definition) is 5. The zero-order valence-electron chi connectivity index (χ0n) is 16.5. The third kappa shape index (κ3) is 5.65. The van der Waals surface area contributed by atoms with Gasteiger partial charge in [0.2, 0.25) is 5.91 Å². The van der Waals surface area contributed by atoms with E-state index in [2.05, 4.69) is 15.0 Å².